The lowest BCUT2D eigenvalue weighted by Gasteiger charge is -2.25. The van der Waals surface area contributed by atoms with Crippen LogP contribution >= 0.6 is 7.14 Å². The van der Waals surface area contributed by atoms with E-state index in [9.17, 15) is 4.57 Å². The molecular formula is C16H25O2P. The zero-order chi connectivity index (χ0) is 14.0. The van der Waals surface area contributed by atoms with Crippen LogP contribution in [0.2, 0.25) is 0 Å². The lowest BCUT2D eigenvalue weighted by atomic mass is 9.89. The van der Waals surface area contributed by atoms with Gasteiger partial charge in [-0.2, -0.15) is 0 Å². The van der Waals surface area contributed by atoms with Crippen LogP contribution in [0.5, 0.6) is 0 Å². The maximum absolute atomic E-state index is 12.4. The number of hydrogen-bond donors (Lipinski definition) is 0. The van der Waals surface area contributed by atoms with Crippen molar-refractivity contribution in [1.29, 1.82) is 0 Å². The van der Waals surface area contributed by atoms with E-state index in [4.69, 9.17) is 4.74 Å². The van der Waals surface area contributed by atoms with Gasteiger partial charge in [0.15, 0.2) is 0 Å². The molecule has 19 heavy (non-hydrogen) atoms. The highest BCUT2D eigenvalue weighted by molar-refractivity contribution is 7.70. The SMILES string of the molecule is CC(C)c1cc(C2CCOCC2)ccc1P(C)(C)=O. The second-order valence-electron chi connectivity index (χ2n) is 6.21. The van der Waals surface area contributed by atoms with Crippen molar-refractivity contribution in [2.24, 2.45) is 0 Å². The molecule has 0 amide bonds. The van der Waals surface area contributed by atoms with Crippen molar-refractivity contribution in [1.82, 2.24) is 0 Å². The van der Waals surface area contributed by atoms with Crippen LogP contribution in [0, 0.1) is 0 Å². The third kappa shape index (κ3) is 3.49. The van der Waals surface area contributed by atoms with Gasteiger partial charge in [0.2, 0.25) is 0 Å². The number of ether oxygens (including phenoxy) is 1. The van der Waals surface area contributed by atoms with Crippen LogP contribution in [0.15, 0.2) is 18.2 Å². The summed E-state index contributed by atoms with van der Waals surface area (Å²) in [5.74, 6) is 1.02. The van der Waals surface area contributed by atoms with Gasteiger partial charge >= 0.3 is 0 Å². The normalized spacial score (nSPS) is 17.9. The molecule has 0 saturated carbocycles. The van der Waals surface area contributed by atoms with Crippen LogP contribution in [0.25, 0.3) is 0 Å². The first kappa shape index (κ1) is 14.8. The van der Waals surface area contributed by atoms with Crippen molar-refractivity contribution in [3.8, 4) is 0 Å². The molecule has 1 aromatic carbocycles. The molecule has 1 fully saturated rings. The highest BCUT2D eigenvalue weighted by atomic mass is 31.2. The zero-order valence-corrected chi connectivity index (χ0v) is 13.4. The fourth-order valence-corrected chi connectivity index (χ4v) is 4.19. The molecule has 0 aromatic heterocycles. The van der Waals surface area contributed by atoms with Crippen molar-refractivity contribution in [3.05, 3.63) is 29.3 Å². The Bertz CT molecular complexity index is 482. The minimum atomic E-state index is -2.19. The van der Waals surface area contributed by atoms with Gasteiger partial charge in [0.05, 0.1) is 0 Å². The van der Waals surface area contributed by atoms with Gasteiger partial charge in [-0.15, -0.1) is 0 Å². The van der Waals surface area contributed by atoms with Gasteiger partial charge in [0.25, 0.3) is 0 Å². The molecule has 1 saturated heterocycles. The van der Waals surface area contributed by atoms with E-state index in [1.165, 1.54) is 11.1 Å². The summed E-state index contributed by atoms with van der Waals surface area (Å²) in [5.41, 5.74) is 2.65. The molecule has 2 rings (SSSR count). The molecule has 1 aliphatic rings. The fourth-order valence-electron chi connectivity index (χ4n) is 2.81. The van der Waals surface area contributed by atoms with E-state index < -0.39 is 7.14 Å². The second kappa shape index (κ2) is 5.81. The zero-order valence-electron chi connectivity index (χ0n) is 12.5. The number of hydrogen-bond acceptors (Lipinski definition) is 2. The quantitative estimate of drug-likeness (QED) is 0.784. The van der Waals surface area contributed by atoms with E-state index in [2.05, 4.69) is 32.0 Å². The Labute approximate surface area is 116 Å². The Morgan fingerprint density at radius 2 is 1.84 bits per heavy atom. The topological polar surface area (TPSA) is 26.3 Å². The summed E-state index contributed by atoms with van der Waals surface area (Å²) < 4.78 is 17.8. The monoisotopic (exact) mass is 280 g/mol. The molecule has 0 N–H and O–H groups in total. The van der Waals surface area contributed by atoms with Crippen LogP contribution < -0.4 is 5.30 Å². The summed E-state index contributed by atoms with van der Waals surface area (Å²) in [4.78, 5) is 0. The van der Waals surface area contributed by atoms with E-state index in [-0.39, 0.29) is 0 Å². The molecule has 1 heterocycles. The van der Waals surface area contributed by atoms with Crippen molar-refractivity contribution in [3.63, 3.8) is 0 Å². The van der Waals surface area contributed by atoms with Crippen molar-refractivity contribution in [2.75, 3.05) is 26.5 Å². The van der Waals surface area contributed by atoms with Gasteiger partial charge in [0.1, 0.15) is 7.14 Å². The average Bonchev–Trinajstić information content (AvgIpc) is 2.38. The highest BCUT2D eigenvalue weighted by Gasteiger charge is 2.21. The van der Waals surface area contributed by atoms with Gasteiger partial charge < -0.3 is 9.30 Å². The largest absolute Gasteiger partial charge is 0.381 e. The van der Waals surface area contributed by atoms with Crippen LogP contribution in [0.4, 0.5) is 0 Å². The highest BCUT2D eigenvalue weighted by Crippen LogP contribution is 2.39. The standard InChI is InChI=1S/C16H25O2P/c1-12(2)15-11-14(13-7-9-18-10-8-13)5-6-16(15)19(3,4)17/h5-6,11-13H,7-10H2,1-4H3. The smallest absolute Gasteiger partial charge is 0.110 e. The van der Waals surface area contributed by atoms with Gasteiger partial charge in [-0.1, -0.05) is 32.0 Å². The van der Waals surface area contributed by atoms with Gasteiger partial charge in [-0.05, 0) is 49.1 Å². The molecule has 1 aromatic rings. The van der Waals surface area contributed by atoms with E-state index in [1.54, 1.807) is 0 Å². The Balaban J connectivity index is 2.38. The van der Waals surface area contributed by atoms with Crippen LogP contribution in [-0.4, -0.2) is 26.5 Å². The lowest BCUT2D eigenvalue weighted by molar-refractivity contribution is 0.0853. The molecule has 0 bridgehead atoms. The van der Waals surface area contributed by atoms with Crippen molar-refractivity contribution < 1.29 is 9.30 Å². The summed E-state index contributed by atoms with van der Waals surface area (Å²) in [6.07, 6.45) is 2.21. The summed E-state index contributed by atoms with van der Waals surface area (Å²) in [7, 11) is -2.19. The average molecular weight is 280 g/mol. The minimum Gasteiger partial charge on any atom is -0.381 e. The van der Waals surface area contributed by atoms with Crippen LogP contribution in [0.3, 0.4) is 0 Å². The maximum Gasteiger partial charge on any atom is 0.110 e. The lowest BCUT2D eigenvalue weighted by Crippen LogP contribution is -2.17. The molecule has 0 unspecified atom stereocenters. The first-order valence-corrected chi connectivity index (χ1v) is 9.77. The summed E-state index contributed by atoms with van der Waals surface area (Å²) >= 11 is 0. The summed E-state index contributed by atoms with van der Waals surface area (Å²) in [6, 6.07) is 6.56. The van der Waals surface area contributed by atoms with Crippen LogP contribution in [0.1, 0.15) is 49.7 Å². The molecule has 106 valence electrons. The molecule has 0 radical (unpaired) electrons. The Hall–Kier alpha value is -0.590. The van der Waals surface area contributed by atoms with E-state index >= 15 is 0 Å². The van der Waals surface area contributed by atoms with Gasteiger partial charge in [-0.25, -0.2) is 0 Å². The van der Waals surface area contributed by atoms with Crippen molar-refractivity contribution >= 4 is 12.4 Å². The molecule has 0 aliphatic carbocycles. The number of rotatable bonds is 3. The molecular weight excluding hydrogens is 255 g/mol. The molecule has 0 spiro atoms. The van der Waals surface area contributed by atoms with E-state index in [0.717, 1.165) is 31.4 Å². The van der Waals surface area contributed by atoms with Gasteiger partial charge in [0, 0.05) is 18.5 Å². The molecule has 3 heteroatoms. The Kier molecular flexibility index (Phi) is 4.53. The molecule has 1 aliphatic heterocycles. The predicted octanol–water partition coefficient (Wildman–Crippen LogP) is 3.95. The number of benzene rings is 1. The maximum atomic E-state index is 12.4. The first-order chi connectivity index (χ1) is 8.89. The van der Waals surface area contributed by atoms with Crippen molar-refractivity contribution in [2.45, 2.75) is 38.5 Å². The molecule has 2 nitrogen and oxygen atoms in total. The fraction of sp³-hybridized carbons (Fsp3) is 0.625. The summed E-state index contributed by atoms with van der Waals surface area (Å²) in [6.45, 7) is 9.82. The van der Waals surface area contributed by atoms with E-state index in [0.29, 0.717) is 11.8 Å². The molecule has 0 atom stereocenters. The predicted molar refractivity (Wildman–Crippen MR) is 82.4 cm³/mol. The Morgan fingerprint density at radius 1 is 1.21 bits per heavy atom. The summed E-state index contributed by atoms with van der Waals surface area (Å²) in [5, 5.41) is 1.05. The van der Waals surface area contributed by atoms with Crippen LogP contribution in [-0.2, 0) is 9.30 Å². The first-order valence-electron chi connectivity index (χ1n) is 7.16. The third-order valence-corrected chi connectivity index (χ3v) is 5.51. The van der Waals surface area contributed by atoms with Gasteiger partial charge in [-0.3, -0.25) is 0 Å². The minimum absolute atomic E-state index is 0.419. The van der Waals surface area contributed by atoms with E-state index in [1.807, 2.05) is 13.3 Å². The third-order valence-electron chi connectivity index (χ3n) is 3.95. The second-order valence-corrected chi connectivity index (χ2v) is 9.39. The Morgan fingerprint density at radius 3 is 2.37 bits per heavy atom.